The number of hydrogen-bond acceptors (Lipinski definition) is 2. The Kier molecular flexibility index (Phi) is 3.00. The fraction of sp³-hybridized carbons (Fsp3) is 0.211. The van der Waals surface area contributed by atoms with Gasteiger partial charge in [-0.15, -0.1) is 0 Å². The number of benzene rings is 2. The van der Waals surface area contributed by atoms with E-state index in [1.165, 1.54) is 0 Å². The Balaban J connectivity index is 1.60. The average molecular weight is 290 g/mol. The van der Waals surface area contributed by atoms with E-state index in [2.05, 4.69) is 18.2 Å². The van der Waals surface area contributed by atoms with Crippen molar-refractivity contribution < 1.29 is 5.11 Å². The lowest BCUT2D eigenvalue weighted by Gasteiger charge is -2.17. The number of phenols is 1. The van der Waals surface area contributed by atoms with E-state index in [9.17, 15) is 5.11 Å². The van der Waals surface area contributed by atoms with Gasteiger partial charge in [0.1, 0.15) is 5.75 Å². The predicted octanol–water partition coefficient (Wildman–Crippen LogP) is 3.99. The van der Waals surface area contributed by atoms with Crippen LogP contribution in [0.4, 0.5) is 0 Å². The molecule has 3 aromatic rings. The lowest BCUT2D eigenvalue weighted by molar-refractivity contribution is 0.439. The van der Waals surface area contributed by atoms with Gasteiger partial charge in [0.25, 0.3) is 0 Å². The highest BCUT2D eigenvalue weighted by molar-refractivity contribution is 5.58. The zero-order valence-electron chi connectivity index (χ0n) is 12.3. The smallest absolute Gasteiger partial charge is 0.119 e. The van der Waals surface area contributed by atoms with Crippen molar-refractivity contribution in [1.29, 1.82) is 0 Å². The van der Waals surface area contributed by atoms with Gasteiger partial charge in [-0.05, 0) is 25.0 Å². The molecule has 0 bridgehead atoms. The van der Waals surface area contributed by atoms with Gasteiger partial charge in [-0.25, -0.2) is 0 Å². The normalized spacial score (nSPS) is 15.6. The zero-order valence-corrected chi connectivity index (χ0v) is 12.3. The molecule has 0 unspecified atom stereocenters. The Morgan fingerprint density at radius 2 is 1.68 bits per heavy atom. The van der Waals surface area contributed by atoms with Crippen LogP contribution in [-0.2, 0) is 12.0 Å². The molecule has 22 heavy (non-hydrogen) atoms. The molecule has 3 heteroatoms. The first kappa shape index (κ1) is 13.1. The third-order valence-corrected chi connectivity index (χ3v) is 4.50. The number of nitrogens with zero attached hydrogens (tertiary/aromatic N) is 2. The Hall–Kier alpha value is -2.55. The molecule has 1 aromatic heterocycles. The Bertz CT molecular complexity index is 788. The number of hydrogen-bond donors (Lipinski definition) is 1. The van der Waals surface area contributed by atoms with Gasteiger partial charge in [0.2, 0.25) is 0 Å². The minimum Gasteiger partial charge on any atom is -0.508 e. The van der Waals surface area contributed by atoms with Crippen LogP contribution in [0.25, 0.3) is 11.3 Å². The summed E-state index contributed by atoms with van der Waals surface area (Å²) in [5.74, 6) is 0.399. The van der Waals surface area contributed by atoms with Crippen LogP contribution in [0.1, 0.15) is 18.4 Å². The molecule has 0 radical (unpaired) electrons. The third-order valence-electron chi connectivity index (χ3n) is 4.50. The number of aromatic nitrogens is 2. The molecule has 110 valence electrons. The number of para-hydroxylation sites is 1. The van der Waals surface area contributed by atoms with E-state index < -0.39 is 0 Å². The highest BCUT2D eigenvalue weighted by Gasteiger charge is 2.46. The van der Waals surface area contributed by atoms with Crippen LogP contribution in [0.5, 0.6) is 5.75 Å². The average Bonchev–Trinajstić information content (AvgIpc) is 3.17. The Morgan fingerprint density at radius 3 is 2.41 bits per heavy atom. The summed E-state index contributed by atoms with van der Waals surface area (Å²) in [6, 6.07) is 19.9. The molecule has 3 nitrogen and oxygen atoms in total. The van der Waals surface area contributed by atoms with Gasteiger partial charge in [-0.1, -0.05) is 48.5 Å². The quantitative estimate of drug-likeness (QED) is 0.789. The molecule has 0 saturated heterocycles. The maximum Gasteiger partial charge on any atom is 0.119 e. The van der Waals surface area contributed by atoms with Gasteiger partial charge < -0.3 is 5.11 Å². The van der Waals surface area contributed by atoms with Gasteiger partial charge in [0, 0.05) is 22.7 Å². The van der Waals surface area contributed by atoms with Gasteiger partial charge in [-0.2, -0.15) is 5.10 Å². The molecule has 1 N–H and O–H groups in total. The van der Waals surface area contributed by atoms with E-state index in [4.69, 9.17) is 5.10 Å². The second-order valence-electron chi connectivity index (χ2n) is 6.06. The van der Waals surface area contributed by atoms with Gasteiger partial charge in [0.15, 0.2) is 0 Å². The summed E-state index contributed by atoms with van der Waals surface area (Å²) in [5, 5.41) is 14.8. The minimum absolute atomic E-state index is 0.0469. The molecule has 0 atom stereocenters. The number of rotatable bonds is 4. The Labute approximate surface area is 129 Å². The van der Waals surface area contributed by atoms with Crippen molar-refractivity contribution >= 4 is 0 Å². The van der Waals surface area contributed by atoms with E-state index >= 15 is 0 Å². The van der Waals surface area contributed by atoms with Crippen LogP contribution < -0.4 is 0 Å². The maximum atomic E-state index is 10.1. The topological polar surface area (TPSA) is 38.0 Å². The summed E-state index contributed by atoms with van der Waals surface area (Å²) in [6.07, 6.45) is 4.23. The van der Waals surface area contributed by atoms with Crippen molar-refractivity contribution in [2.24, 2.45) is 0 Å². The van der Waals surface area contributed by atoms with Crippen molar-refractivity contribution in [3.05, 3.63) is 72.4 Å². The van der Waals surface area contributed by atoms with E-state index in [-0.39, 0.29) is 5.41 Å². The molecule has 1 aliphatic rings. The summed E-state index contributed by atoms with van der Waals surface area (Å²) in [4.78, 5) is 0. The van der Waals surface area contributed by atoms with Crippen molar-refractivity contribution in [3.8, 4) is 17.0 Å². The summed E-state index contributed by atoms with van der Waals surface area (Å²) in [5.41, 5.74) is 3.22. The summed E-state index contributed by atoms with van der Waals surface area (Å²) >= 11 is 0. The maximum absolute atomic E-state index is 10.1. The summed E-state index contributed by atoms with van der Waals surface area (Å²) in [6.45, 7) is 0.817. The second-order valence-corrected chi connectivity index (χ2v) is 6.06. The highest BCUT2D eigenvalue weighted by Crippen LogP contribution is 2.52. The molecular formula is C19H18N2O. The predicted molar refractivity (Wildman–Crippen MR) is 86.7 cm³/mol. The zero-order chi connectivity index (χ0) is 15.0. The van der Waals surface area contributed by atoms with Crippen LogP contribution in [0.15, 0.2) is 66.9 Å². The van der Waals surface area contributed by atoms with Crippen LogP contribution in [0, 0.1) is 0 Å². The molecule has 4 rings (SSSR count). The fourth-order valence-corrected chi connectivity index (χ4v) is 3.11. The minimum atomic E-state index is 0.0469. The van der Waals surface area contributed by atoms with Crippen LogP contribution >= 0.6 is 0 Å². The lowest BCUT2D eigenvalue weighted by atomic mass is 9.95. The van der Waals surface area contributed by atoms with Crippen LogP contribution in [-0.4, -0.2) is 14.9 Å². The lowest BCUT2D eigenvalue weighted by Crippen LogP contribution is -2.16. The van der Waals surface area contributed by atoms with E-state index in [0.29, 0.717) is 5.75 Å². The molecular weight excluding hydrogens is 272 g/mol. The monoisotopic (exact) mass is 290 g/mol. The first-order valence-corrected chi connectivity index (χ1v) is 7.64. The van der Waals surface area contributed by atoms with Gasteiger partial charge in [-0.3, -0.25) is 4.68 Å². The molecule has 1 saturated carbocycles. The summed E-state index contributed by atoms with van der Waals surface area (Å²) in [7, 11) is 0. The highest BCUT2D eigenvalue weighted by atomic mass is 16.3. The number of aromatic hydroxyl groups is 1. The molecule has 0 amide bonds. The molecule has 1 fully saturated rings. The van der Waals surface area contributed by atoms with E-state index in [0.717, 1.165) is 36.2 Å². The van der Waals surface area contributed by atoms with Crippen molar-refractivity contribution in [2.45, 2.75) is 24.8 Å². The van der Waals surface area contributed by atoms with Gasteiger partial charge >= 0.3 is 0 Å². The molecule has 1 aliphatic carbocycles. The standard InChI is InChI=1S/C19H18N2O/c22-18-9-5-4-8-16(18)19(11-12-19)14-21-13-10-17(20-21)15-6-2-1-3-7-15/h1-10,13,22H,11-12,14H2. The van der Waals surface area contributed by atoms with Gasteiger partial charge in [0.05, 0.1) is 12.2 Å². The van der Waals surface area contributed by atoms with E-state index in [1.807, 2.05) is 47.3 Å². The third kappa shape index (κ3) is 2.29. The van der Waals surface area contributed by atoms with E-state index in [1.54, 1.807) is 6.07 Å². The fourth-order valence-electron chi connectivity index (χ4n) is 3.11. The van der Waals surface area contributed by atoms with Crippen molar-refractivity contribution in [1.82, 2.24) is 9.78 Å². The number of phenolic OH excluding ortho intramolecular Hbond substituents is 1. The molecule has 0 spiro atoms. The molecule has 2 aromatic carbocycles. The summed E-state index contributed by atoms with van der Waals surface area (Å²) < 4.78 is 2.00. The second kappa shape index (κ2) is 5.02. The first-order valence-electron chi connectivity index (χ1n) is 7.64. The SMILES string of the molecule is Oc1ccccc1C1(Cn2ccc(-c3ccccc3)n2)CC1. The Morgan fingerprint density at radius 1 is 0.955 bits per heavy atom. The van der Waals surface area contributed by atoms with Crippen LogP contribution in [0.2, 0.25) is 0 Å². The largest absolute Gasteiger partial charge is 0.508 e. The molecule has 0 aliphatic heterocycles. The first-order chi connectivity index (χ1) is 10.8. The molecule has 1 heterocycles. The van der Waals surface area contributed by atoms with Crippen molar-refractivity contribution in [3.63, 3.8) is 0 Å². The van der Waals surface area contributed by atoms with Crippen LogP contribution in [0.3, 0.4) is 0 Å². The van der Waals surface area contributed by atoms with Crippen molar-refractivity contribution in [2.75, 3.05) is 0 Å².